The van der Waals surface area contributed by atoms with Crippen LogP contribution in [-0.2, 0) is 0 Å². The van der Waals surface area contributed by atoms with Gasteiger partial charge in [0.25, 0.3) is 5.69 Å². The van der Waals surface area contributed by atoms with Crippen molar-refractivity contribution in [1.29, 1.82) is 0 Å². The predicted molar refractivity (Wildman–Crippen MR) is 76.4 cm³/mol. The number of benzene rings is 1. The Kier molecular flexibility index (Phi) is 4.23. The third-order valence-electron chi connectivity index (χ3n) is 2.11. The SMILES string of the molecule is Nc1c(Br)cc(Sc2ccc(Cl)nn2)cc1[N+](=O)[O-]. The third kappa shape index (κ3) is 3.34. The van der Waals surface area contributed by atoms with Gasteiger partial charge in [-0.3, -0.25) is 10.1 Å². The first-order valence-corrected chi connectivity index (χ1v) is 6.86. The zero-order chi connectivity index (χ0) is 14.0. The number of nitro benzene ring substituents is 1. The van der Waals surface area contributed by atoms with E-state index in [-0.39, 0.29) is 16.5 Å². The van der Waals surface area contributed by atoms with Crippen LogP contribution in [0.2, 0.25) is 5.15 Å². The quantitative estimate of drug-likeness (QED) is 0.510. The lowest BCUT2D eigenvalue weighted by molar-refractivity contribution is -0.384. The number of aromatic nitrogens is 2. The summed E-state index contributed by atoms with van der Waals surface area (Å²) in [5.74, 6) is 0. The highest BCUT2D eigenvalue weighted by Crippen LogP contribution is 2.37. The van der Waals surface area contributed by atoms with Gasteiger partial charge >= 0.3 is 0 Å². The molecule has 0 bridgehead atoms. The minimum absolute atomic E-state index is 0.0940. The van der Waals surface area contributed by atoms with Crippen molar-refractivity contribution in [2.75, 3.05) is 5.73 Å². The van der Waals surface area contributed by atoms with Crippen molar-refractivity contribution in [2.24, 2.45) is 0 Å². The molecule has 9 heteroatoms. The standard InChI is InChI=1S/C10H6BrClN4O2S/c11-6-3-5(4-7(10(6)13)16(17)18)19-9-2-1-8(12)14-15-9/h1-4H,13H2. The highest BCUT2D eigenvalue weighted by Gasteiger charge is 2.16. The molecule has 0 atom stereocenters. The summed E-state index contributed by atoms with van der Waals surface area (Å²) in [4.78, 5) is 11.0. The van der Waals surface area contributed by atoms with E-state index in [2.05, 4.69) is 26.1 Å². The lowest BCUT2D eigenvalue weighted by Crippen LogP contribution is -1.97. The van der Waals surface area contributed by atoms with Crippen molar-refractivity contribution in [2.45, 2.75) is 9.92 Å². The number of anilines is 1. The average Bonchev–Trinajstić information content (AvgIpc) is 2.36. The highest BCUT2D eigenvalue weighted by atomic mass is 79.9. The maximum absolute atomic E-state index is 10.9. The van der Waals surface area contributed by atoms with Gasteiger partial charge in [-0.1, -0.05) is 23.4 Å². The minimum Gasteiger partial charge on any atom is -0.392 e. The van der Waals surface area contributed by atoms with Gasteiger partial charge < -0.3 is 5.73 Å². The number of hydrogen-bond acceptors (Lipinski definition) is 6. The van der Waals surface area contributed by atoms with E-state index < -0.39 is 4.92 Å². The zero-order valence-electron chi connectivity index (χ0n) is 9.21. The Morgan fingerprint density at radius 1 is 1.37 bits per heavy atom. The average molecular weight is 362 g/mol. The van der Waals surface area contributed by atoms with Gasteiger partial charge in [-0.25, -0.2) is 0 Å². The van der Waals surface area contributed by atoms with Gasteiger partial charge in [-0.15, -0.1) is 10.2 Å². The van der Waals surface area contributed by atoms with Crippen LogP contribution in [0.3, 0.4) is 0 Å². The molecule has 0 spiro atoms. The van der Waals surface area contributed by atoms with Gasteiger partial charge in [0.15, 0.2) is 5.15 Å². The topological polar surface area (TPSA) is 94.9 Å². The second-order valence-corrected chi connectivity index (χ2v) is 5.73. The number of nitrogen functional groups attached to an aromatic ring is 1. The van der Waals surface area contributed by atoms with Crippen LogP contribution in [-0.4, -0.2) is 15.1 Å². The van der Waals surface area contributed by atoms with Crippen LogP contribution >= 0.6 is 39.3 Å². The summed E-state index contributed by atoms with van der Waals surface area (Å²) in [6.07, 6.45) is 0. The van der Waals surface area contributed by atoms with E-state index in [0.717, 1.165) is 0 Å². The van der Waals surface area contributed by atoms with Crippen molar-refractivity contribution in [3.63, 3.8) is 0 Å². The predicted octanol–water partition coefficient (Wildman–Crippen LogP) is 3.53. The van der Waals surface area contributed by atoms with E-state index in [1.807, 2.05) is 0 Å². The molecule has 6 nitrogen and oxygen atoms in total. The lowest BCUT2D eigenvalue weighted by atomic mass is 10.3. The van der Waals surface area contributed by atoms with Gasteiger partial charge in [0.05, 0.1) is 4.92 Å². The van der Waals surface area contributed by atoms with Crippen molar-refractivity contribution >= 4 is 50.7 Å². The Bertz CT molecular complexity index is 638. The summed E-state index contributed by atoms with van der Waals surface area (Å²) < 4.78 is 0.464. The van der Waals surface area contributed by atoms with Gasteiger partial charge in [0, 0.05) is 15.4 Å². The van der Waals surface area contributed by atoms with Crippen molar-refractivity contribution in [3.8, 4) is 0 Å². The number of nitrogens with zero attached hydrogens (tertiary/aromatic N) is 3. The molecule has 1 aromatic heterocycles. The summed E-state index contributed by atoms with van der Waals surface area (Å²) in [5.41, 5.74) is 5.56. The van der Waals surface area contributed by atoms with Crippen LogP contribution in [0.15, 0.2) is 38.7 Å². The van der Waals surface area contributed by atoms with E-state index in [9.17, 15) is 10.1 Å². The fourth-order valence-electron chi connectivity index (χ4n) is 1.27. The number of rotatable bonds is 3. The number of halogens is 2. The second-order valence-electron chi connectivity index (χ2n) is 3.39. The van der Waals surface area contributed by atoms with E-state index in [4.69, 9.17) is 17.3 Å². The molecule has 19 heavy (non-hydrogen) atoms. The fourth-order valence-corrected chi connectivity index (χ4v) is 2.78. The Balaban J connectivity index is 2.35. The van der Waals surface area contributed by atoms with Crippen molar-refractivity contribution in [1.82, 2.24) is 10.2 Å². The Morgan fingerprint density at radius 2 is 2.11 bits per heavy atom. The van der Waals surface area contributed by atoms with Gasteiger partial charge in [-0.05, 0) is 34.1 Å². The van der Waals surface area contributed by atoms with Crippen LogP contribution in [0.25, 0.3) is 0 Å². The van der Waals surface area contributed by atoms with E-state index in [0.29, 0.717) is 14.4 Å². The molecule has 98 valence electrons. The molecule has 0 unspecified atom stereocenters. The molecule has 0 fully saturated rings. The first-order chi connectivity index (χ1) is 8.97. The maximum Gasteiger partial charge on any atom is 0.294 e. The van der Waals surface area contributed by atoms with Gasteiger partial charge in [0.2, 0.25) is 0 Å². The summed E-state index contributed by atoms with van der Waals surface area (Å²) >= 11 is 10.0. The van der Waals surface area contributed by atoms with Crippen molar-refractivity contribution in [3.05, 3.63) is 44.0 Å². The molecule has 0 aliphatic rings. The summed E-state index contributed by atoms with van der Waals surface area (Å²) in [5, 5.41) is 19.3. The van der Waals surface area contributed by atoms with Crippen LogP contribution in [0.5, 0.6) is 0 Å². The number of nitro groups is 1. The van der Waals surface area contributed by atoms with E-state index in [1.54, 1.807) is 18.2 Å². The minimum atomic E-state index is -0.530. The van der Waals surface area contributed by atoms with Gasteiger partial charge in [0.1, 0.15) is 10.7 Å². The maximum atomic E-state index is 10.9. The molecule has 0 saturated heterocycles. The molecule has 0 aliphatic carbocycles. The van der Waals surface area contributed by atoms with E-state index >= 15 is 0 Å². The summed E-state index contributed by atoms with van der Waals surface area (Å²) in [7, 11) is 0. The number of hydrogen-bond donors (Lipinski definition) is 1. The molecule has 0 aliphatic heterocycles. The molecular formula is C10H6BrClN4O2S. The van der Waals surface area contributed by atoms with Crippen LogP contribution in [0.1, 0.15) is 0 Å². The Labute approximate surface area is 125 Å². The molecule has 2 N–H and O–H groups in total. The molecule has 1 heterocycles. The van der Waals surface area contributed by atoms with Crippen LogP contribution in [0.4, 0.5) is 11.4 Å². The molecule has 0 saturated carbocycles. The zero-order valence-corrected chi connectivity index (χ0v) is 12.4. The third-order valence-corrected chi connectivity index (χ3v) is 3.86. The molecule has 0 radical (unpaired) electrons. The monoisotopic (exact) mass is 360 g/mol. The fraction of sp³-hybridized carbons (Fsp3) is 0. The summed E-state index contributed by atoms with van der Waals surface area (Å²) in [6, 6.07) is 6.35. The Hall–Kier alpha value is -1.38. The largest absolute Gasteiger partial charge is 0.392 e. The molecule has 2 rings (SSSR count). The lowest BCUT2D eigenvalue weighted by Gasteiger charge is -2.04. The van der Waals surface area contributed by atoms with Crippen molar-refractivity contribution < 1.29 is 4.92 Å². The molecule has 2 aromatic rings. The van der Waals surface area contributed by atoms with Gasteiger partial charge in [-0.2, -0.15) is 0 Å². The van der Waals surface area contributed by atoms with Crippen LogP contribution < -0.4 is 5.73 Å². The summed E-state index contributed by atoms with van der Waals surface area (Å²) in [6.45, 7) is 0. The number of nitrogens with two attached hydrogens (primary N) is 1. The second kappa shape index (κ2) is 5.72. The molecular weight excluding hydrogens is 356 g/mol. The van der Waals surface area contributed by atoms with E-state index in [1.165, 1.54) is 17.8 Å². The Morgan fingerprint density at radius 3 is 2.68 bits per heavy atom. The highest BCUT2D eigenvalue weighted by molar-refractivity contribution is 9.10. The smallest absolute Gasteiger partial charge is 0.294 e. The first kappa shape index (κ1) is 14.0. The first-order valence-electron chi connectivity index (χ1n) is 4.88. The normalized spacial score (nSPS) is 10.4. The molecule has 1 aromatic carbocycles. The van der Waals surface area contributed by atoms with Crippen LogP contribution in [0, 0.1) is 10.1 Å². The molecule has 0 amide bonds.